The largest absolute Gasteiger partial charge is 0.497 e. The highest BCUT2D eigenvalue weighted by Crippen LogP contribution is 2.47. The van der Waals surface area contributed by atoms with Crippen LogP contribution in [0.15, 0.2) is 237 Å². The normalized spacial score (nSPS) is 16.0. The van der Waals surface area contributed by atoms with Gasteiger partial charge in [0.05, 0.1) is 80.6 Å². The predicted molar refractivity (Wildman–Crippen MR) is 568 cm³/mol. The number of carboxylic acid groups (broad SMARTS) is 2. The maximum Gasteiger partial charge on any atom is 0.303 e. The minimum Gasteiger partial charge on any atom is -0.497 e. The molecular formula is C121H158N4O20. The highest BCUT2D eigenvalue weighted by atomic mass is 16.5. The van der Waals surface area contributed by atoms with Gasteiger partial charge in [-0.15, -0.1) is 0 Å². The number of hydrogen-bond acceptors (Lipinski definition) is 19. The first-order chi connectivity index (χ1) is 70.2. The first kappa shape index (κ1) is 116. The number of carbonyl (C=O) groups is 9. The smallest absolute Gasteiger partial charge is 0.303 e. The minimum atomic E-state index is -0.936. The Morgan fingerprint density at radius 1 is 0.269 bits per heavy atom. The van der Waals surface area contributed by atoms with Gasteiger partial charge >= 0.3 is 11.9 Å². The standard InChI is InChI=1S/C41H53NO6.C40H51NO7.C33H42N2O4.C7H12O3/c1-31-28-36(42(29-31)40(45)19-11-6-5-10-17-37(44)18-13-12-14-32(2)43)30-48-41(33-15-8-7-9-16-33,34-20-24-38(46-3)25-21-34)35-22-26-39(47-4)27-23-35;1-30-27-34(41(28-30)38(43)17-10-5-4-9-15-35(42)16-11-12-18-39(44)45)29-48-40(31-13-7-6-8-14-31,32-19-23-36(46-2)24-20-32)33-21-25-37(47-3)26-22-33;1-25-22-29(35(23-25)32(36)12-8-5-9-21-34)24-39-33(26-10-6-4-7-11-26,27-13-17-30(37-2)18-14-27)28-15-19-31(38-3)20-16-28;1-6(8)4-2-3-5-7(9)10/h7-9,15-16,20-27,31,36H,5-6,10-14,17-19,28-30H2,1-4H3;6-8,13-14,19-26,30,34H,4-5,9-12,15-18,27-29H2,1-3H3,(H,44,45);4,6-7,10-11,13-20,25,29H,5,8-9,12,21-24,34H2,1-3H3;2-5H2,1H3,(H,9,10)/t31-,36+;30-,34+;25-,29+;/m111./s1. The molecule has 0 bridgehead atoms. The molecule has 3 fully saturated rings. The summed E-state index contributed by atoms with van der Waals surface area (Å²) < 4.78 is 54.2. The number of carboxylic acids is 2. The molecule has 0 spiro atoms. The topological polar surface area (TPSA) is 313 Å². The van der Waals surface area contributed by atoms with Crippen LogP contribution in [0.3, 0.4) is 0 Å². The van der Waals surface area contributed by atoms with Crippen molar-refractivity contribution in [2.45, 2.75) is 269 Å². The van der Waals surface area contributed by atoms with Crippen molar-refractivity contribution in [3.63, 3.8) is 0 Å². The lowest BCUT2D eigenvalue weighted by atomic mass is 9.80. The van der Waals surface area contributed by atoms with E-state index in [2.05, 4.69) is 106 Å². The van der Waals surface area contributed by atoms with Gasteiger partial charge < -0.3 is 82.9 Å². The van der Waals surface area contributed by atoms with E-state index in [0.29, 0.717) is 134 Å². The van der Waals surface area contributed by atoms with Crippen LogP contribution in [0.4, 0.5) is 0 Å². The Bertz CT molecular complexity index is 4980. The summed E-state index contributed by atoms with van der Waals surface area (Å²) in [6, 6.07) is 78.8. The van der Waals surface area contributed by atoms with Gasteiger partial charge in [0.2, 0.25) is 17.7 Å². The van der Waals surface area contributed by atoms with E-state index < -0.39 is 28.7 Å². The van der Waals surface area contributed by atoms with Crippen molar-refractivity contribution in [2.75, 3.05) is 88.7 Å². The van der Waals surface area contributed by atoms with E-state index in [1.807, 2.05) is 166 Å². The number of benzene rings is 9. The highest BCUT2D eigenvalue weighted by molar-refractivity contribution is 5.80. The number of nitrogens with zero attached hydrogens (tertiary/aromatic N) is 3. The lowest BCUT2D eigenvalue weighted by molar-refractivity contribution is -0.138. The molecule has 3 heterocycles. The van der Waals surface area contributed by atoms with Crippen molar-refractivity contribution in [3.8, 4) is 34.5 Å². The molecule has 3 aliphatic rings. The van der Waals surface area contributed by atoms with Crippen LogP contribution in [-0.4, -0.2) is 184 Å². The number of ether oxygens (including phenoxy) is 9. The third-order valence-corrected chi connectivity index (χ3v) is 27.6. The van der Waals surface area contributed by atoms with Crippen LogP contribution in [0, 0.1) is 17.8 Å². The summed E-state index contributed by atoms with van der Waals surface area (Å²) in [5.74, 6) is 5.53. The number of amides is 3. The zero-order chi connectivity index (χ0) is 104. The molecule has 0 radical (unpaired) electrons. The monoisotopic (exact) mass is 1990 g/mol. The Morgan fingerprint density at radius 2 is 0.462 bits per heavy atom. The molecule has 3 saturated heterocycles. The van der Waals surface area contributed by atoms with Gasteiger partial charge in [0.1, 0.15) is 74.4 Å². The fourth-order valence-electron chi connectivity index (χ4n) is 19.9. The van der Waals surface area contributed by atoms with Gasteiger partial charge in [-0.25, -0.2) is 0 Å². The van der Waals surface area contributed by atoms with E-state index in [1.165, 1.54) is 6.92 Å². The Kier molecular flexibility index (Phi) is 49.6. The van der Waals surface area contributed by atoms with Gasteiger partial charge in [-0.1, -0.05) is 217 Å². The third-order valence-electron chi connectivity index (χ3n) is 27.6. The summed E-state index contributed by atoms with van der Waals surface area (Å²) in [7, 11) is 9.97. The fourth-order valence-corrected chi connectivity index (χ4v) is 19.9. The summed E-state index contributed by atoms with van der Waals surface area (Å²) in [6.45, 7) is 13.8. The molecule has 3 aliphatic heterocycles. The van der Waals surface area contributed by atoms with Crippen molar-refractivity contribution < 1.29 is 96.0 Å². The van der Waals surface area contributed by atoms with E-state index in [1.54, 1.807) is 49.6 Å². The van der Waals surface area contributed by atoms with Gasteiger partial charge in [0.25, 0.3) is 0 Å². The van der Waals surface area contributed by atoms with E-state index in [0.717, 1.165) is 200 Å². The molecule has 0 aromatic heterocycles. The van der Waals surface area contributed by atoms with Gasteiger partial charge in [-0.3, -0.25) is 33.6 Å². The molecule has 0 saturated carbocycles. The zero-order valence-electron chi connectivity index (χ0n) is 87.5. The number of methoxy groups -OCH3 is 6. The van der Waals surface area contributed by atoms with Gasteiger partial charge in [-0.2, -0.15) is 0 Å². The van der Waals surface area contributed by atoms with Gasteiger partial charge in [0, 0.05) is 90.3 Å². The molecule has 24 heteroatoms. The molecule has 145 heavy (non-hydrogen) atoms. The van der Waals surface area contributed by atoms with Crippen molar-refractivity contribution in [3.05, 3.63) is 287 Å². The maximum absolute atomic E-state index is 13.6. The van der Waals surface area contributed by atoms with Crippen molar-refractivity contribution in [2.24, 2.45) is 23.5 Å². The highest BCUT2D eigenvalue weighted by Gasteiger charge is 2.46. The van der Waals surface area contributed by atoms with E-state index in [4.69, 9.17) is 58.6 Å². The molecule has 6 atom stereocenters. The van der Waals surface area contributed by atoms with Crippen LogP contribution in [0.1, 0.15) is 284 Å². The van der Waals surface area contributed by atoms with Gasteiger partial charge in [0.15, 0.2) is 0 Å². The average molecular weight is 1990 g/mol. The van der Waals surface area contributed by atoms with Crippen molar-refractivity contribution in [1.29, 1.82) is 0 Å². The Labute approximate surface area is 860 Å². The number of ketones is 4. The molecule has 3 amide bonds. The molecule has 0 unspecified atom stereocenters. The van der Waals surface area contributed by atoms with Crippen LogP contribution in [0.5, 0.6) is 34.5 Å². The predicted octanol–water partition coefficient (Wildman–Crippen LogP) is 23.1. The number of carbonyl (C=O) groups excluding carboxylic acids is 7. The second-order valence-electron chi connectivity index (χ2n) is 38.9. The summed E-state index contributed by atoms with van der Waals surface area (Å²) in [4.78, 5) is 113. The van der Waals surface area contributed by atoms with Crippen LogP contribution in [-0.2, 0) is 74.2 Å². The molecule has 12 rings (SSSR count). The Balaban J connectivity index is 0.000000232. The molecular weight excluding hydrogens is 1830 g/mol. The number of aliphatic carboxylic acids is 2. The summed E-state index contributed by atoms with van der Waals surface area (Å²) in [5.41, 5.74) is 11.7. The fraction of sp³-hybridized carbons (Fsp3) is 0.479. The Hall–Kier alpha value is -12.4. The summed E-state index contributed by atoms with van der Waals surface area (Å²) >= 11 is 0. The van der Waals surface area contributed by atoms with E-state index in [9.17, 15) is 43.2 Å². The average Bonchev–Trinajstić information content (AvgIpc) is 1.71. The number of unbranched alkanes of at least 4 members (excludes halogenated alkanes) is 11. The molecule has 782 valence electrons. The quantitative estimate of drug-likeness (QED) is 0.0235. The van der Waals surface area contributed by atoms with Gasteiger partial charge in [-0.05, 0) is 257 Å². The van der Waals surface area contributed by atoms with Crippen molar-refractivity contribution in [1.82, 2.24) is 14.7 Å². The van der Waals surface area contributed by atoms with Crippen LogP contribution in [0.2, 0.25) is 0 Å². The third kappa shape index (κ3) is 35.8. The number of likely N-dealkylation sites (tertiary alicyclic amines) is 3. The Morgan fingerprint density at radius 3 is 0.669 bits per heavy atom. The number of nitrogens with two attached hydrogens (primary N) is 1. The first-order valence-electron chi connectivity index (χ1n) is 52.2. The van der Waals surface area contributed by atoms with E-state index >= 15 is 0 Å². The lowest BCUT2D eigenvalue weighted by Crippen LogP contribution is -2.42. The molecule has 0 aliphatic carbocycles. The SMILES string of the molecule is CC(=O)CCCCC(=O)O.COc1ccc(C(OC[C@@H]2C[C@@H](C)CN2C(=O)CCCCCCC(=O)CCCCC(=O)O)(c2ccccc2)c2ccc(OC)cc2)cc1.COc1ccc(C(OC[C@@H]2C[C@@H](C)CN2C(=O)CCCCCCC(=O)CCCCC(C)=O)(c2ccccc2)c2ccc(OC)cc2)cc1.COc1ccc(C(OC[C@@H]2C[C@@H](C)CN2C(=O)CCCCCN)(c2ccccc2)c2ccc(OC)cc2)cc1. The molecule has 24 nitrogen and oxygen atoms in total. The second kappa shape index (κ2) is 61.8. The number of Topliss-reactive ketones (excluding diaryl/α,β-unsaturated/α-hetero) is 4. The number of hydrogen-bond donors (Lipinski definition) is 3. The first-order valence-corrected chi connectivity index (χ1v) is 52.2. The lowest BCUT2D eigenvalue weighted by Gasteiger charge is -2.38. The van der Waals surface area contributed by atoms with E-state index in [-0.39, 0.29) is 71.8 Å². The molecule has 9 aromatic rings. The minimum absolute atomic E-state index is 0.0154. The van der Waals surface area contributed by atoms with Crippen LogP contribution in [0.25, 0.3) is 0 Å². The number of rotatable bonds is 58. The summed E-state index contributed by atoms with van der Waals surface area (Å²) in [5, 5.41) is 16.9. The zero-order valence-corrected chi connectivity index (χ0v) is 87.5. The van der Waals surface area contributed by atoms with Crippen LogP contribution < -0.4 is 34.2 Å². The van der Waals surface area contributed by atoms with Crippen LogP contribution >= 0.6 is 0 Å². The molecule has 9 aromatic carbocycles. The second-order valence-corrected chi connectivity index (χ2v) is 38.9. The molecule has 4 N–H and O–H groups in total. The van der Waals surface area contributed by atoms with Crippen molar-refractivity contribution >= 4 is 52.8 Å². The summed E-state index contributed by atoms with van der Waals surface area (Å²) in [6.07, 6.45) is 21.5. The maximum atomic E-state index is 13.6.